The van der Waals surface area contributed by atoms with Crippen LogP contribution < -0.4 is 5.32 Å². The molecular formula is C16H23N3O2S. The number of nitrogens with one attached hydrogen (secondary N) is 1. The lowest BCUT2D eigenvalue weighted by Gasteiger charge is -2.17. The predicted molar refractivity (Wildman–Crippen MR) is 89.3 cm³/mol. The van der Waals surface area contributed by atoms with E-state index in [4.69, 9.17) is 4.52 Å². The highest BCUT2D eigenvalue weighted by Gasteiger charge is 2.21. The number of aryl methyl sites for hydroxylation is 1. The van der Waals surface area contributed by atoms with Gasteiger partial charge in [-0.2, -0.15) is 0 Å². The molecule has 1 amide bonds. The highest BCUT2D eigenvalue weighted by molar-refractivity contribution is 7.13. The van der Waals surface area contributed by atoms with Gasteiger partial charge in [-0.05, 0) is 44.4 Å². The van der Waals surface area contributed by atoms with E-state index in [1.165, 1.54) is 11.3 Å². The minimum atomic E-state index is -0.110. The lowest BCUT2D eigenvalue weighted by atomic mass is 10.1. The minimum absolute atomic E-state index is 0.110. The van der Waals surface area contributed by atoms with E-state index in [1.54, 1.807) is 6.92 Å². The second-order valence-corrected chi connectivity index (χ2v) is 6.03. The highest BCUT2D eigenvalue weighted by Crippen LogP contribution is 2.29. The Bertz CT molecular complexity index is 589. The van der Waals surface area contributed by atoms with E-state index in [-0.39, 0.29) is 5.91 Å². The first kappa shape index (κ1) is 16.7. The normalized spacial score (nSPS) is 11.1. The molecule has 1 N–H and O–H groups in total. The predicted octanol–water partition coefficient (Wildman–Crippen LogP) is 3.17. The van der Waals surface area contributed by atoms with Gasteiger partial charge in [0.25, 0.3) is 5.91 Å². The smallest absolute Gasteiger partial charge is 0.257 e. The third kappa shape index (κ3) is 3.96. The number of amides is 1. The Kier molecular flexibility index (Phi) is 6.15. The van der Waals surface area contributed by atoms with Crippen LogP contribution in [0.25, 0.3) is 10.6 Å². The van der Waals surface area contributed by atoms with Gasteiger partial charge in [0.1, 0.15) is 5.56 Å². The molecule has 0 spiro atoms. The van der Waals surface area contributed by atoms with Crippen molar-refractivity contribution in [1.82, 2.24) is 15.4 Å². The molecule has 0 fully saturated rings. The van der Waals surface area contributed by atoms with Crippen molar-refractivity contribution in [2.24, 2.45) is 0 Å². The van der Waals surface area contributed by atoms with E-state index in [0.29, 0.717) is 23.6 Å². The van der Waals surface area contributed by atoms with Crippen molar-refractivity contribution in [2.45, 2.75) is 27.2 Å². The highest BCUT2D eigenvalue weighted by atomic mass is 32.1. The molecular weight excluding hydrogens is 298 g/mol. The fraction of sp³-hybridized carbons (Fsp3) is 0.500. The summed E-state index contributed by atoms with van der Waals surface area (Å²) < 4.78 is 5.33. The van der Waals surface area contributed by atoms with Crippen LogP contribution in [0.4, 0.5) is 0 Å². The van der Waals surface area contributed by atoms with Crippen LogP contribution in [0.2, 0.25) is 0 Å². The van der Waals surface area contributed by atoms with Gasteiger partial charge in [0.2, 0.25) is 0 Å². The maximum Gasteiger partial charge on any atom is 0.257 e. The Morgan fingerprint density at radius 3 is 2.82 bits per heavy atom. The summed E-state index contributed by atoms with van der Waals surface area (Å²) in [5, 5.41) is 8.87. The summed E-state index contributed by atoms with van der Waals surface area (Å²) in [7, 11) is 0. The summed E-state index contributed by atoms with van der Waals surface area (Å²) in [4.78, 5) is 15.7. The summed E-state index contributed by atoms with van der Waals surface area (Å²) in [5.41, 5.74) is 1.18. The van der Waals surface area contributed by atoms with Crippen LogP contribution in [0.5, 0.6) is 0 Å². The summed E-state index contributed by atoms with van der Waals surface area (Å²) in [6.07, 6.45) is 0.937. The van der Waals surface area contributed by atoms with Crippen molar-refractivity contribution < 1.29 is 9.32 Å². The van der Waals surface area contributed by atoms with Crippen molar-refractivity contribution in [2.75, 3.05) is 26.2 Å². The molecule has 0 unspecified atom stereocenters. The van der Waals surface area contributed by atoms with Crippen molar-refractivity contribution >= 4 is 17.2 Å². The first-order chi connectivity index (χ1) is 10.7. The molecule has 0 bridgehead atoms. The molecule has 6 heteroatoms. The van der Waals surface area contributed by atoms with Gasteiger partial charge in [0.05, 0.1) is 10.6 Å². The monoisotopic (exact) mass is 321 g/mol. The molecule has 5 nitrogen and oxygen atoms in total. The fourth-order valence-corrected chi connectivity index (χ4v) is 3.05. The minimum Gasteiger partial charge on any atom is -0.354 e. The largest absolute Gasteiger partial charge is 0.354 e. The molecule has 22 heavy (non-hydrogen) atoms. The first-order valence-corrected chi connectivity index (χ1v) is 8.56. The van der Waals surface area contributed by atoms with Gasteiger partial charge in [-0.15, -0.1) is 11.3 Å². The van der Waals surface area contributed by atoms with Gasteiger partial charge in [-0.3, -0.25) is 4.79 Å². The number of hydrogen-bond acceptors (Lipinski definition) is 5. The number of nitrogens with zero attached hydrogens (tertiary/aromatic N) is 2. The lowest BCUT2D eigenvalue weighted by Crippen LogP contribution is -2.30. The zero-order chi connectivity index (χ0) is 15.9. The number of carbonyl (C=O) groups is 1. The number of rotatable bonds is 8. The van der Waals surface area contributed by atoms with E-state index in [0.717, 1.165) is 30.9 Å². The molecule has 0 aliphatic rings. The van der Waals surface area contributed by atoms with Crippen LogP contribution in [-0.4, -0.2) is 42.1 Å². The average Bonchev–Trinajstić information content (AvgIpc) is 3.16. The Balaban J connectivity index is 1.95. The summed E-state index contributed by atoms with van der Waals surface area (Å²) in [6.45, 7) is 9.82. The molecule has 2 rings (SSSR count). The molecule has 0 radical (unpaired) electrons. The van der Waals surface area contributed by atoms with Crippen LogP contribution in [0.1, 0.15) is 36.3 Å². The Morgan fingerprint density at radius 2 is 2.18 bits per heavy atom. The zero-order valence-corrected chi connectivity index (χ0v) is 14.2. The molecule has 0 aromatic carbocycles. The Morgan fingerprint density at radius 1 is 1.41 bits per heavy atom. The van der Waals surface area contributed by atoms with E-state index in [9.17, 15) is 4.79 Å². The van der Waals surface area contributed by atoms with Crippen molar-refractivity contribution in [3.63, 3.8) is 0 Å². The van der Waals surface area contributed by atoms with Crippen LogP contribution in [0.15, 0.2) is 22.0 Å². The summed E-state index contributed by atoms with van der Waals surface area (Å²) in [6, 6.07) is 3.87. The van der Waals surface area contributed by atoms with Crippen molar-refractivity contribution in [3.05, 3.63) is 28.8 Å². The molecule has 0 aliphatic heterocycles. The van der Waals surface area contributed by atoms with Gasteiger partial charge < -0.3 is 14.7 Å². The van der Waals surface area contributed by atoms with Gasteiger partial charge in [-0.1, -0.05) is 25.1 Å². The zero-order valence-electron chi connectivity index (χ0n) is 13.4. The van der Waals surface area contributed by atoms with Crippen LogP contribution in [0, 0.1) is 6.92 Å². The third-order valence-corrected chi connectivity index (χ3v) is 4.53. The molecule has 2 heterocycles. The second kappa shape index (κ2) is 8.10. The van der Waals surface area contributed by atoms with Gasteiger partial charge in [-0.25, -0.2) is 0 Å². The standard InChI is InChI=1S/C16H23N3O2S/c1-4-19(5-2)10-7-9-17-16(20)14-12(3)18-21-15(14)13-8-6-11-22-13/h6,8,11H,4-5,7,9-10H2,1-3H3,(H,17,20). The summed E-state index contributed by atoms with van der Waals surface area (Å²) >= 11 is 1.54. The van der Waals surface area contributed by atoms with E-state index >= 15 is 0 Å². The molecule has 0 saturated carbocycles. The van der Waals surface area contributed by atoms with Crippen molar-refractivity contribution in [1.29, 1.82) is 0 Å². The Hall–Kier alpha value is -1.66. The van der Waals surface area contributed by atoms with Gasteiger partial charge in [0.15, 0.2) is 5.76 Å². The van der Waals surface area contributed by atoms with Crippen LogP contribution >= 0.6 is 11.3 Å². The molecule has 120 valence electrons. The molecule has 0 saturated heterocycles. The average molecular weight is 321 g/mol. The topological polar surface area (TPSA) is 58.4 Å². The summed E-state index contributed by atoms with van der Waals surface area (Å²) in [5.74, 6) is 0.454. The SMILES string of the molecule is CCN(CC)CCCNC(=O)c1c(C)noc1-c1cccs1. The fourth-order valence-electron chi connectivity index (χ4n) is 2.35. The maximum absolute atomic E-state index is 12.4. The first-order valence-electron chi connectivity index (χ1n) is 7.68. The second-order valence-electron chi connectivity index (χ2n) is 5.09. The van der Waals surface area contributed by atoms with E-state index in [1.807, 2.05) is 17.5 Å². The van der Waals surface area contributed by atoms with Crippen LogP contribution in [-0.2, 0) is 0 Å². The molecule has 0 aliphatic carbocycles. The molecule has 2 aromatic heterocycles. The quantitative estimate of drug-likeness (QED) is 0.759. The number of hydrogen-bond donors (Lipinski definition) is 1. The van der Waals surface area contributed by atoms with E-state index < -0.39 is 0 Å². The number of carbonyl (C=O) groups excluding carboxylic acids is 1. The third-order valence-electron chi connectivity index (χ3n) is 3.67. The molecule has 0 atom stereocenters. The van der Waals surface area contributed by atoms with Gasteiger partial charge in [0, 0.05) is 6.54 Å². The van der Waals surface area contributed by atoms with E-state index in [2.05, 4.69) is 29.2 Å². The Labute approximate surface area is 135 Å². The van der Waals surface area contributed by atoms with Crippen molar-refractivity contribution in [3.8, 4) is 10.6 Å². The molecule has 2 aromatic rings. The van der Waals surface area contributed by atoms with Crippen LogP contribution in [0.3, 0.4) is 0 Å². The van der Waals surface area contributed by atoms with Gasteiger partial charge >= 0.3 is 0 Å². The number of aromatic nitrogens is 1. The lowest BCUT2D eigenvalue weighted by molar-refractivity contribution is 0.0951. The number of thiophene rings is 1. The maximum atomic E-state index is 12.4.